The fraction of sp³-hybridized carbons (Fsp3) is 0.238. The Kier molecular flexibility index (Phi) is 5.84. The van der Waals surface area contributed by atoms with Gasteiger partial charge in [-0.3, -0.25) is 4.98 Å². The van der Waals surface area contributed by atoms with Gasteiger partial charge in [-0.05, 0) is 25.1 Å². The molecule has 7 heteroatoms. The van der Waals surface area contributed by atoms with Crippen molar-refractivity contribution in [3.8, 4) is 17.2 Å². The third-order valence-electron chi connectivity index (χ3n) is 4.24. The summed E-state index contributed by atoms with van der Waals surface area (Å²) in [6, 6.07) is 10.9. The molecular formula is C21H22N2O5. The summed E-state index contributed by atoms with van der Waals surface area (Å²) in [5.41, 5.74) is 2.13. The highest BCUT2D eigenvalue weighted by molar-refractivity contribution is 6.07. The molecule has 0 aliphatic rings. The number of nitrogens with zero attached hydrogens (tertiary/aromatic N) is 1. The first-order valence-electron chi connectivity index (χ1n) is 8.74. The first-order valence-corrected chi connectivity index (χ1v) is 8.74. The van der Waals surface area contributed by atoms with Crippen LogP contribution in [0.15, 0.2) is 42.6 Å². The topological polar surface area (TPSA) is 78.9 Å². The first kappa shape index (κ1) is 19.3. The number of aromatic nitrogens is 1. The molecule has 3 rings (SSSR count). The summed E-state index contributed by atoms with van der Waals surface area (Å²) in [5, 5.41) is 4.02. The molecule has 7 nitrogen and oxygen atoms in total. The zero-order chi connectivity index (χ0) is 20.1. The summed E-state index contributed by atoms with van der Waals surface area (Å²) in [6.07, 6.45) is 1.48. The highest BCUT2D eigenvalue weighted by atomic mass is 16.5. The van der Waals surface area contributed by atoms with Gasteiger partial charge in [-0.1, -0.05) is 12.1 Å². The summed E-state index contributed by atoms with van der Waals surface area (Å²) in [4.78, 5) is 17.0. The number of para-hydroxylation sites is 1. The van der Waals surface area contributed by atoms with Crippen molar-refractivity contribution in [1.29, 1.82) is 0 Å². The van der Waals surface area contributed by atoms with Crippen LogP contribution in [0.2, 0.25) is 0 Å². The highest BCUT2D eigenvalue weighted by Crippen LogP contribution is 2.37. The maximum atomic E-state index is 12.5. The van der Waals surface area contributed by atoms with Gasteiger partial charge < -0.3 is 24.3 Å². The van der Waals surface area contributed by atoms with Crippen LogP contribution in [-0.2, 0) is 4.74 Å². The van der Waals surface area contributed by atoms with Gasteiger partial charge in [-0.25, -0.2) is 4.79 Å². The van der Waals surface area contributed by atoms with E-state index >= 15 is 0 Å². The number of hydrogen-bond donors (Lipinski definition) is 1. The van der Waals surface area contributed by atoms with Crippen LogP contribution in [-0.4, -0.2) is 38.9 Å². The Balaban J connectivity index is 2.22. The second-order valence-electron chi connectivity index (χ2n) is 5.81. The lowest BCUT2D eigenvalue weighted by Crippen LogP contribution is -2.10. The molecule has 3 aromatic rings. The maximum absolute atomic E-state index is 12.5. The number of carbonyl (C=O) groups excluding carboxylic acids is 1. The standard InChI is InChI=1S/C21H22N2O5/c1-5-28-21(24)15-12-22-20-14(7-6-8-18(20)27-4)19(15)23-16-11-13(25-2)9-10-17(16)26-3/h6-12H,5H2,1-4H3,(H,22,23). The maximum Gasteiger partial charge on any atom is 0.341 e. The molecule has 28 heavy (non-hydrogen) atoms. The Morgan fingerprint density at radius 3 is 2.50 bits per heavy atom. The Morgan fingerprint density at radius 1 is 1.04 bits per heavy atom. The van der Waals surface area contributed by atoms with Crippen LogP contribution in [0, 0.1) is 0 Å². The van der Waals surface area contributed by atoms with Gasteiger partial charge in [0.25, 0.3) is 0 Å². The van der Waals surface area contributed by atoms with Crippen molar-refractivity contribution in [2.75, 3.05) is 33.3 Å². The Bertz CT molecular complexity index is 1000. The molecule has 0 aliphatic heterocycles. The molecule has 146 valence electrons. The lowest BCUT2D eigenvalue weighted by molar-refractivity contribution is 0.0527. The zero-order valence-electron chi connectivity index (χ0n) is 16.2. The third-order valence-corrected chi connectivity index (χ3v) is 4.24. The Hall–Kier alpha value is -3.48. The zero-order valence-corrected chi connectivity index (χ0v) is 16.2. The molecule has 0 saturated heterocycles. The van der Waals surface area contributed by atoms with E-state index in [0.717, 1.165) is 5.39 Å². The molecule has 1 aromatic heterocycles. The van der Waals surface area contributed by atoms with Crippen LogP contribution in [0.4, 0.5) is 11.4 Å². The minimum Gasteiger partial charge on any atom is -0.497 e. The second kappa shape index (κ2) is 8.47. The van der Waals surface area contributed by atoms with Gasteiger partial charge in [0.05, 0.1) is 39.3 Å². The number of carbonyl (C=O) groups is 1. The van der Waals surface area contributed by atoms with E-state index in [4.69, 9.17) is 18.9 Å². The monoisotopic (exact) mass is 382 g/mol. The SMILES string of the molecule is CCOC(=O)c1cnc2c(OC)cccc2c1Nc1cc(OC)ccc1OC. The first-order chi connectivity index (χ1) is 13.6. The Morgan fingerprint density at radius 2 is 1.82 bits per heavy atom. The van der Waals surface area contributed by atoms with Gasteiger partial charge in [0.2, 0.25) is 0 Å². The van der Waals surface area contributed by atoms with Crippen LogP contribution in [0.1, 0.15) is 17.3 Å². The number of fused-ring (bicyclic) bond motifs is 1. The number of ether oxygens (including phenoxy) is 4. The number of esters is 1. The van der Waals surface area contributed by atoms with E-state index in [1.54, 1.807) is 46.5 Å². The van der Waals surface area contributed by atoms with E-state index in [-0.39, 0.29) is 6.61 Å². The van der Waals surface area contributed by atoms with E-state index in [0.29, 0.717) is 39.7 Å². The average molecular weight is 382 g/mol. The molecule has 1 N–H and O–H groups in total. The number of pyridine rings is 1. The summed E-state index contributed by atoms with van der Waals surface area (Å²) in [6.45, 7) is 2.02. The largest absolute Gasteiger partial charge is 0.497 e. The van der Waals surface area contributed by atoms with Crippen molar-refractivity contribution in [3.05, 3.63) is 48.2 Å². The molecule has 0 amide bonds. The quantitative estimate of drug-likeness (QED) is 0.614. The van der Waals surface area contributed by atoms with Crippen LogP contribution in [0.5, 0.6) is 17.2 Å². The lowest BCUT2D eigenvalue weighted by Gasteiger charge is -2.17. The van der Waals surface area contributed by atoms with Crippen LogP contribution >= 0.6 is 0 Å². The van der Waals surface area contributed by atoms with Crippen molar-refractivity contribution in [3.63, 3.8) is 0 Å². The smallest absolute Gasteiger partial charge is 0.341 e. The number of benzene rings is 2. The molecule has 2 aromatic carbocycles. The fourth-order valence-corrected chi connectivity index (χ4v) is 2.91. The van der Waals surface area contributed by atoms with Crippen molar-refractivity contribution in [2.45, 2.75) is 6.92 Å². The number of anilines is 2. The van der Waals surface area contributed by atoms with Gasteiger partial charge in [-0.2, -0.15) is 0 Å². The summed E-state index contributed by atoms with van der Waals surface area (Å²) < 4.78 is 21.4. The van der Waals surface area contributed by atoms with Crippen molar-refractivity contribution < 1.29 is 23.7 Å². The number of nitrogens with one attached hydrogen (secondary N) is 1. The highest BCUT2D eigenvalue weighted by Gasteiger charge is 2.20. The molecule has 0 atom stereocenters. The molecule has 0 aliphatic carbocycles. The van der Waals surface area contributed by atoms with Crippen LogP contribution in [0.25, 0.3) is 10.9 Å². The van der Waals surface area contributed by atoms with Gasteiger partial charge in [-0.15, -0.1) is 0 Å². The molecule has 1 heterocycles. The predicted molar refractivity (Wildman–Crippen MR) is 107 cm³/mol. The number of rotatable bonds is 7. The molecule has 0 spiro atoms. The summed E-state index contributed by atoms with van der Waals surface area (Å²) in [7, 11) is 4.74. The molecule has 0 unspecified atom stereocenters. The Labute approximate surface area is 163 Å². The molecular weight excluding hydrogens is 360 g/mol. The minimum absolute atomic E-state index is 0.261. The van der Waals surface area contributed by atoms with E-state index in [2.05, 4.69) is 10.3 Å². The van der Waals surface area contributed by atoms with E-state index in [9.17, 15) is 4.79 Å². The van der Waals surface area contributed by atoms with Gasteiger partial charge >= 0.3 is 5.97 Å². The molecule has 0 saturated carbocycles. The van der Waals surface area contributed by atoms with E-state index < -0.39 is 5.97 Å². The minimum atomic E-state index is -0.468. The fourth-order valence-electron chi connectivity index (χ4n) is 2.91. The molecule has 0 bridgehead atoms. The van der Waals surface area contributed by atoms with Crippen LogP contribution in [0.3, 0.4) is 0 Å². The van der Waals surface area contributed by atoms with Gasteiger partial charge in [0.15, 0.2) is 0 Å². The number of methoxy groups -OCH3 is 3. The third kappa shape index (κ3) is 3.64. The van der Waals surface area contributed by atoms with Crippen molar-refractivity contribution >= 4 is 28.2 Å². The van der Waals surface area contributed by atoms with E-state index in [1.165, 1.54) is 6.20 Å². The van der Waals surface area contributed by atoms with Crippen molar-refractivity contribution in [1.82, 2.24) is 4.98 Å². The normalized spacial score (nSPS) is 10.4. The van der Waals surface area contributed by atoms with Gasteiger partial charge in [0, 0.05) is 17.6 Å². The lowest BCUT2D eigenvalue weighted by atomic mass is 10.1. The number of hydrogen-bond acceptors (Lipinski definition) is 7. The molecule has 0 fully saturated rings. The van der Waals surface area contributed by atoms with Crippen molar-refractivity contribution in [2.24, 2.45) is 0 Å². The van der Waals surface area contributed by atoms with Crippen LogP contribution < -0.4 is 19.5 Å². The molecule has 0 radical (unpaired) electrons. The summed E-state index contributed by atoms with van der Waals surface area (Å²) in [5.74, 6) is 1.39. The van der Waals surface area contributed by atoms with Gasteiger partial charge in [0.1, 0.15) is 28.3 Å². The second-order valence-corrected chi connectivity index (χ2v) is 5.81. The predicted octanol–water partition coefficient (Wildman–Crippen LogP) is 4.18. The summed E-state index contributed by atoms with van der Waals surface area (Å²) >= 11 is 0. The van der Waals surface area contributed by atoms with E-state index in [1.807, 2.05) is 18.2 Å². The average Bonchev–Trinajstić information content (AvgIpc) is 2.73.